The lowest BCUT2D eigenvalue weighted by molar-refractivity contribution is -0.145. The van der Waals surface area contributed by atoms with Crippen LogP contribution in [0.1, 0.15) is 11.6 Å². The fraction of sp³-hybridized carbons (Fsp3) is 0.250. The van der Waals surface area contributed by atoms with E-state index in [-0.39, 0.29) is 4.21 Å². The molecule has 1 unspecified atom stereocenters. The highest BCUT2D eigenvalue weighted by molar-refractivity contribution is 9.10. The predicted molar refractivity (Wildman–Crippen MR) is 106 cm³/mol. The van der Waals surface area contributed by atoms with E-state index in [0.29, 0.717) is 9.90 Å². The van der Waals surface area contributed by atoms with Gasteiger partial charge in [-0.3, -0.25) is 4.79 Å². The summed E-state index contributed by atoms with van der Waals surface area (Å²) in [6.07, 6.45) is 0. The maximum absolute atomic E-state index is 12.5. The number of nitrogens with one attached hydrogen (secondary N) is 1. The van der Waals surface area contributed by atoms with Crippen LogP contribution in [0, 0.1) is 0 Å². The number of amides is 1. The van der Waals surface area contributed by atoms with E-state index in [9.17, 15) is 18.0 Å². The molecule has 1 aromatic heterocycles. The van der Waals surface area contributed by atoms with Crippen molar-refractivity contribution in [3.05, 3.63) is 50.8 Å². The maximum Gasteiger partial charge on any atom is 0.333 e. The van der Waals surface area contributed by atoms with Crippen LogP contribution in [0.3, 0.4) is 0 Å². The number of thiophene rings is 1. The fourth-order valence-electron chi connectivity index (χ4n) is 2.14. The summed E-state index contributed by atoms with van der Waals surface area (Å²) >= 11 is 9.97. The first-order valence-corrected chi connectivity index (χ1v) is 10.9. The van der Waals surface area contributed by atoms with E-state index in [2.05, 4.69) is 21.2 Å². The highest BCUT2D eigenvalue weighted by Crippen LogP contribution is 2.27. The molecule has 1 N–H and O–H groups in total. The van der Waals surface area contributed by atoms with E-state index in [4.69, 9.17) is 16.3 Å². The van der Waals surface area contributed by atoms with Gasteiger partial charge in [0, 0.05) is 11.5 Å². The molecule has 7 nitrogen and oxygen atoms in total. The lowest BCUT2D eigenvalue weighted by atomic mass is 10.1. The first-order valence-electron chi connectivity index (χ1n) is 7.49. The minimum atomic E-state index is -3.86. The van der Waals surface area contributed by atoms with Gasteiger partial charge in [-0.2, -0.15) is 4.31 Å². The largest absolute Gasteiger partial charge is 0.467 e. The number of rotatable bonds is 7. The van der Waals surface area contributed by atoms with Gasteiger partial charge in [-0.15, -0.1) is 11.3 Å². The number of hydrogen-bond acceptors (Lipinski definition) is 6. The molecule has 1 heterocycles. The van der Waals surface area contributed by atoms with Crippen molar-refractivity contribution in [2.24, 2.45) is 0 Å². The van der Waals surface area contributed by atoms with E-state index in [0.717, 1.165) is 20.1 Å². The molecule has 27 heavy (non-hydrogen) atoms. The molecule has 146 valence electrons. The Morgan fingerprint density at radius 1 is 1.26 bits per heavy atom. The SMILES string of the molecule is COC(=O)C(NC(=O)CN(C)S(=O)(=O)c1ccc(Cl)s1)c1ccc(Br)cc1. The van der Waals surface area contributed by atoms with E-state index >= 15 is 0 Å². The van der Waals surface area contributed by atoms with Crippen LogP contribution in [0.15, 0.2) is 45.1 Å². The number of nitrogens with zero attached hydrogens (tertiary/aromatic N) is 1. The third kappa shape index (κ3) is 5.52. The van der Waals surface area contributed by atoms with Gasteiger partial charge >= 0.3 is 5.97 Å². The van der Waals surface area contributed by atoms with E-state index < -0.39 is 34.5 Å². The lowest BCUT2D eigenvalue weighted by Gasteiger charge is -2.20. The number of methoxy groups -OCH3 is 1. The second-order valence-corrected chi connectivity index (χ2v) is 10.3. The molecular weight excluding hydrogens is 480 g/mol. The third-order valence-corrected chi connectivity index (χ3v) is 7.56. The summed E-state index contributed by atoms with van der Waals surface area (Å²) in [7, 11) is -1.38. The van der Waals surface area contributed by atoms with Gasteiger partial charge < -0.3 is 10.1 Å². The first kappa shape index (κ1) is 21.8. The number of likely N-dealkylation sites (N-methyl/N-ethyl adjacent to an activating group) is 1. The number of carbonyl (C=O) groups excluding carboxylic acids is 2. The minimum Gasteiger partial charge on any atom is -0.467 e. The third-order valence-electron chi connectivity index (χ3n) is 3.52. The average Bonchev–Trinajstić information content (AvgIpc) is 3.07. The van der Waals surface area contributed by atoms with Crippen molar-refractivity contribution in [3.8, 4) is 0 Å². The van der Waals surface area contributed by atoms with Crippen molar-refractivity contribution in [1.82, 2.24) is 9.62 Å². The Balaban J connectivity index is 2.13. The smallest absolute Gasteiger partial charge is 0.333 e. The van der Waals surface area contributed by atoms with Gasteiger partial charge in [-0.05, 0) is 29.8 Å². The Hall–Kier alpha value is -1.46. The van der Waals surface area contributed by atoms with Gasteiger partial charge in [0.15, 0.2) is 6.04 Å². The Bertz CT molecular complexity index is 931. The van der Waals surface area contributed by atoms with Crippen LogP contribution in [-0.4, -0.2) is 45.3 Å². The zero-order chi connectivity index (χ0) is 20.2. The molecule has 1 amide bonds. The number of halogens is 2. The summed E-state index contributed by atoms with van der Waals surface area (Å²) in [5.74, 6) is -1.32. The Labute approximate surface area is 174 Å². The summed E-state index contributed by atoms with van der Waals surface area (Å²) < 4.78 is 31.7. The summed E-state index contributed by atoms with van der Waals surface area (Å²) in [6, 6.07) is 8.52. The standard InChI is InChI=1S/C16H16BrClN2O5S2/c1-20(27(23,24)14-8-7-12(18)26-14)9-13(21)19-15(16(22)25-2)10-3-5-11(17)6-4-10/h3-8,15H,9H2,1-2H3,(H,19,21). The molecule has 1 atom stereocenters. The molecule has 11 heteroatoms. The number of hydrogen-bond donors (Lipinski definition) is 1. The number of sulfonamides is 1. The molecule has 0 fully saturated rings. The van der Waals surface area contributed by atoms with Crippen molar-refractivity contribution in [2.45, 2.75) is 10.3 Å². The molecule has 0 aliphatic carbocycles. The molecule has 2 rings (SSSR count). The quantitative estimate of drug-likeness (QED) is 0.596. The molecule has 0 bridgehead atoms. The van der Waals surface area contributed by atoms with Crippen LogP contribution in [0.25, 0.3) is 0 Å². The highest BCUT2D eigenvalue weighted by Gasteiger charge is 2.28. The van der Waals surface area contributed by atoms with Crippen LogP contribution in [0.4, 0.5) is 0 Å². The Kier molecular flexibility index (Phi) is 7.40. The number of benzene rings is 1. The summed E-state index contributed by atoms with van der Waals surface area (Å²) in [4.78, 5) is 24.4. The van der Waals surface area contributed by atoms with Crippen LogP contribution in [-0.2, 0) is 24.3 Å². The molecule has 0 saturated carbocycles. The number of carbonyl (C=O) groups is 2. The summed E-state index contributed by atoms with van der Waals surface area (Å²) in [6.45, 7) is -0.470. The van der Waals surface area contributed by atoms with Crippen molar-refractivity contribution in [1.29, 1.82) is 0 Å². The van der Waals surface area contributed by atoms with Gasteiger partial charge in [0.1, 0.15) is 4.21 Å². The Morgan fingerprint density at radius 3 is 2.41 bits per heavy atom. The molecule has 0 radical (unpaired) electrons. The average molecular weight is 496 g/mol. The van der Waals surface area contributed by atoms with Crippen LogP contribution >= 0.6 is 38.9 Å². The molecule has 0 spiro atoms. The maximum atomic E-state index is 12.5. The first-order chi connectivity index (χ1) is 12.6. The predicted octanol–water partition coefficient (Wildman–Crippen LogP) is 2.82. The molecule has 0 aliphatic rings. The number of ether oxygens (including phenoxy) is 1. The van der Waals surface area contributed by atoms with E-state index in [1.165, 1.54) is 26.3 Å². The van der Waals surface area contributed by atoms with Gasteiger partial charge in [0.2, 0.25) is 5.91 Å². The van der Waals surface area contributed by atoms with Gasteiger partial charge in [-0.1, -0.05) is 39.7 Å². The molecule has 2 aromatic rings. The van der Waals surface area contributed by atoms with Crippen molar-refractivity contribution < 1.29 is 22.7 Å². The normalized spacial score (nSPS) is 12.6. The molecule has 0 saturated heterocycles. The van der Waals surface area contributed by atoms with Crippen LogP contribution in [0.5, 0.6) is 0 Å². The second-order valence-electron chi connectivity index (χ2n) is 5.39. The van der Waals surface area contributed by atoms with E-state index in [1.807, 2.05) is 0 Å². The highest BCUT2D eigenvalue weighted by atomic mass is 79.9. The zero-order valence-corrected chi connectivity index (χ0v) is 18.3. The molecule has 1 aromatic carbocycles. The van der Waals surface area contributed by atoms with Gasteiger partial charge in [0.05, 0.1) is 18.0 Å². The monoisotopic (exact) mass is 494 g/mol. The topological polar surface area (TPSA) is 92.8 Å². The lowest BCUT2D eigenvalue weighted by Crippen LogP contribution is -2.42. The summed E-state index contributed by atoms with van der Waals surface area (Å²) in [5, 5.41) is 2.51. The minimum absolute atomic E-state index is 0.0280. The van der Waals surface area contributed by atoms with Gasteiger partial charge in [0.25, 0.3) is 10.0 Å². The van der Waals surface area contributed by atoms with Crippen molar-refractivity contribution in [3.63, 3.8) is 0 Å². The van der Waals surface area contributed by atoms with Crippen molar-refractivity contribution in [2.75, 3.05) is 20.7 Å². The number of esters is 1. The molecular formula is C16H16BrClN2O5S2. The summed E-state index contributed by atoms with van der Waals surface area (Å²) in [5.41, 5.74) is 0.508. The van der Waals surface area contributed by atoms with E-state index in [1.54, 1.807) is 24.3 Å². The Morgan fingerprint density at radius 2 is 1.89 bits per heavy atom. The van der Waals surface area contributed by atoms with Crippen LogP contribution < -0.4 is 5.32 Å². The second kappa shape index (κ2) is 9.16. The van der Waals surface area contributed by atoms with Crippen molar-refractivity contribution >= 4 is 60.8 Å². The molecule has 0 aliphatic heterocycles. The zero-order valence-electron chi connectivity index (χ0n) is 14.3. The van der Waals surface area contributed by atoms with Crippen LogP contribution in [0.2, 0.25) is 4.34 Å². The van der Waals surface area contributed by atoms with Gasteiger partial charge in [-0.25, -0.2) is 13.2 Å². The fourth-order valence-corrected chi connectivity index (χ4v) is 5.22.